The molecule has 0 saturated heterocycles. The van der Waals surface area contributed by atoms with Gasteiger partial charge in [0.2, 0.25) is 0 Å². The lowest BCUT2D eigenvalue weighted by Crippen LogP contribution is -2.68. The largest absolute Gasteiger partial charge is 0.446 e. The molecule has 0 spiro atoms. The molecule has 1 heterocycles. The van der Waals surface area contributed by atoms with E-state index < -0.39 is 6.09 Å². The van der Waals surface area contributed by atoms with Crippen LogP contribution in [-0.4, -0.2) is 34.0 Å². The Hall–Kier alpha value is -3.03. The predicted molar refractivity (Wildman–Crippen MR) is 109 cm³/mol. The maximum absolute atomic E-state index is 12.1. The number of nitrogens with one attached hydrogen (secondary N) is 3. The molecule has 0 aliphatic heterocycles. The average molecular weight is 410 g/mol. The number of carbonyl (C=O) groups excluding carboxylic acids is 2. The Morgan fingerprint density at radius 2 is 1.93 bits per heavy atom. The Bertz CT molecular complexity index is 911. The smallest absolute Gasteiger partial charge is 0.413 e. The zero-order chi connectivity index (χ0) is 20.6. The summed E-state index contributed by atoms with van der Waals surface area (Å²) < 4.78 is 10.8. The number of carbonyl (C=O) groups is 2. The number of alkyl carbamates (subject to hydrolysis) is 1. The molecule has 1 aromatic heterocycles. The zero-order valence-corrected chi connectivity index (χ0v) is 16.7. The van der Waals surface area contributed by atoms with Gasteiger partial charge in [-0.05, 0) is 50.0 Å². The third-order valence-corrected chi connectivity index (χ3v) is 6.54. The molecule has 6 rings (SSSR count). The number of hydrogen-bond acceptors (Lipinski definition) is 5. The van der Waals surface area contributed by atoms with Crippen LogP contribution in [0.4, 0.5) is 15.4 Å². The van der Waals surface area contributed by atoms with Crippen molar-refractivity contribution in [1.29, 1.82) is 0 Å². The van der Waals surface area contributed by atoms with Crippen LogP contribution in [0.25, 0.3) is 0 Å². The number of amides is 2. The van der Waals surface area contributed by atoms with Crippen molar-refractivity contribution >= 4 is 18.0 Å². The van der Waals surface area contributed by atoms with Crippen LogP contribution < -0.4 is 10.6 Å². The fourth-order valence-corrected chi connectivity index (χ4v) is 4.83. The monoisotopic (exact) mass is 410 g/mol. The number of benzene rings is 1. The van der Waals surface area contributed by atoms with Gasteiger partial charge in [0.05, 0.1) is 0 Å². The summed E-state index contributed by atoms with van der Waals surface area (Å²) >= 11 is 0. The Labute approximate surface area is 174 Å². The lowest BCUT2D eigenvalue weighted by molar-refractivity contribution is -0.0506. The summed E-state index contributed by atoms with van der Waals surface area (Å²) in [6, 6.07) is 11.3. The minimum Gasteiger partial charge on any atom is -0.446 e. The molecular weight excluding hydrogens is 384 g/mol. The number of ether oxygens (including phenoxy) is 2. The maximum atomic E-state index is 12.1. The van der Waals surface area contributed by atoms with Gasteiger partial charge in [-0.25, -0.2) is 9.59 Å². The zero-order valence-electron chi connectivity index (χ0n) is 16.7. The highest BCUT2D eigenvalue weighted by Crippen LogP contribution is 2.57. The molecule has 4 aliphatic rings. The second-order valence-electron chi connectivity index (χ2n) is 8.82. The molecule has 2 bridgehead atoms. The Morgan fingerprint density at radius 1 is 1.13 bits per heavy atom. The van der Waals surface area contributed by atoms with Crippen LogP contribution >= 0.6 is 0 Å². The van der Waals surface area contributed by atoms with Crippen molar-refractivity contribution in [1.82, 2.24) is 15.5 Å². The highest BCUT2D eigenvalue weighted by molar-refractivity contribution is 5.83. The SMILES string of the molecule is O=C(Nc1cc([C@H]2CC[C@@H](OC(=O)NC34CC(C3)C4)C2)[nH]n1)OCc1ccccc1. The van der Waals surface area contributed by atoms with Gasteiger partial charge in [0.25, 0.3) is 0 Å². The first-order valence-corrected chi connectivity index (χ1v) is 10.6. The Morgan fingerprint density at radius 3 is 2.67 bits per heavy atom. The third-order valence-electron chi connectivity index (χ3n) is 6.54. The minimum absolute atomic E-state index is 0.0405. The van der Waals surface area contributed by atoms with Gasteiger partial charge in [-0.2, -0.15) is 5.10 Å². The summed E-state index contributed by atoms with van der Waals surface area (Å²) in [7, 11) is 0. The predicted octanol–water partition coefficient (Wildman–Crippen LogP) is 4.07. The Balaban J connectivity index is 1.07. The van der Waals surface area contributed by atoms with Crippen LogP contribution in [0.1, 0.15) is 55.7 Å². The van der Waals surface area contributed by atoms with Crippen LogP contribution in [0.2, 0.25) is 0 Å². The van der Waals surface area contributed by atoms with Gasteiger partial charge in [-0.1, -0.05) is 30.3 Å². The van der Waals surface area contributed by atoms with Crippen LogP contribution in [-0.2, 0) is 16.1 Å². The summed E-state index contributed by atoms with van der Waals surface area (Å²) in [5, 5.41) is 12.8. The van der Waals surface area contributed by atoms with E-state index in [0.29, 0.717) is 5.82 Å². The van der Waals surface area contributed by atoms with E-state index in [4.69, 9.17) is 9.47 Å². The molecule has 2 atom stereocenters. The number of aromatic amines is 1. The van der Waals surface area contributed by atoms with Crippen LogP contribution in [0.15, 0.2) is 36.4 Å². The van der Waals surface area contributed by atoms with E-state index in [9.17, 15) is 9.59 Å². The van der Waals surface area contributed by atoms with Crippen molar-refractivity contribution < 1.29 is 19.1 Å². The van der Waals surface area contributed by atoms with Crippen molar-refractivity contribution in [3.63, 3.8) is 0 Å². The molecule has 0 unspecified atom stereocenters. The van der Waals surface area contributed by atoms with Gasteiger partial charge < -0.3 is 14.8 Å². The van der Waals surface area contributed by atoms with E-state index >= 15 is 0 Å². The first-order valence-electron chi connectivity index (χ1n) is 10.6. The molecule has 3 N–H and O–H groups in total. The van der Waals surface area contributed by atoms with E-state index in [1.54, 1.807) is 0 Å². The molecule has 4 saturated carbocycles. The molecule has 8 heteroatoms. The third kappa shape index (κ3) is 3.99. The van der Waals surface area contributed by atoms with E-state index in [1.165, 1.54) is 0 Å². The van der Waals surface area contributed by atoms with E-state index in [0.717, 1.165) is 55.7 Å². The minimum atomic E-state index is -0.546. The molecule has 8 nitrogen and oxygen atoms in total. The van der Waals surface area contributed by atoms with Crippen molar-refractivity contribution in [2.24, 2.45) is 5.92 Å². The molecule has 2 aromatic rings. The normalized spacial score (nSPS) is 28.7. The van der Waals surface area contributed by atoms with Gasteiger partial charge in [0.1, 0.15) is 12.7 Å². The number of hydrogen-bond donors (Lipinski definition) is 3. The number of aromatic nitrogens is 2. The first-order chi connectivity index (χ1) is 14.6. The van der Waals surface area contributed by atoms with Crippen molar-refractivity contribution in [2.45, 2.75) is 62.7 Å². The highest BCUT2D eigenvalue weighted by atomic mass is 16.6. The van der Waals surface area contributed by atoms with Gasteiger partial charge in [-0.15, -0.1) is 0 Å². The molecule has 1 aromatic carbocycles. The number of rotatable bonds is 6. The number of nitrogens with zero attached hydrogens (tertiary/aromatic N) is 1. The molecule has 4 fully saturated rings. The van der Waals surface area contributed by atoms with E-state index in [2.05, 4.69) is 20.8 Å². The van der Waals surface area contributed by atoms with E-state index in [1.807, 2.05) is 36.4 Å². The first kappa shape index (κ1) is 19.0. The van der Waals surface area contributed by atoms with Gasteiger partial charge in [0, 0.05) is 23.2 Å². The van der Waals surface area contributed by atoms with Crippen molar-refractivity contribution in [3.8, 4) is 0 Å². The number of H-pyrrole nitrogens is 1. The standard InChI is InChI=1S/C22H26N4O4/c27-20(29-13-14-4-2-1-3-5-14)23-19-9-18(25-26-19)16-6-7-17(8-16)30-21(28)24-22-10-15(11-22)12-22/h1-5,9,15-17H,6-8,10-13H2,(H,24,28)(H2,23,25,26,27)/t15?,16-,17+,22?/m0/s1. The molecule has 4 aliphatic carbocycles. The molecular formula is C22H26N4O4. The summed E-state index contributed by atoms with van der Waals surface area (Å²) in [6.07, 6.45) is 4.88. The van der Waals surface area contributed by atoms with Crippen LogP contribution in [0.5, 0.6) is 0 Å². The lowest BCUT2D eigenvalue weighted by Gasteiger charge is -2.61. The topological polar surface area (TPSA) is 105 Å². The summed E-state index contributed by atoms with van der Waals surface area (Å²) in [4.78, 5) is 24.1. The lowest BCUT2D eigenvalue weighted by atomic mass is 9.50. The molecule has 30 heavy (non-hydrogen) atoms. The molecule has 0 radical (unpaired) electrons. The summed E-state index contributed by atoms with van der Waals surface area (Å²) in [5.41, 5.74) is 1.89. The quantitative estimate of drug-likeness (QED) is 0.666. The van der Waals surface area contributed by atoms with Crippen LogP contribution in [0.3, 0.4) is 0 Å². The van der Waals surface area contributed by atoms with Gasteiger partial charge in [-0.3, -0.25) is 10.4 Å². The van der Waals surface area contributed by atoms with Gasteiger partial charge >= 0.3 is 12.2 Å². The second-order valence-corrected chi connectivity index (χ2v) is 8.82. The van der Waals surface area contributed by atoms with Crippen LogP contribution in [0, 0.1) is 5.92 Å². The Kier molecular flexibility index (Phi) is 4.84. The number of anilines is 1. The molecule has 158 valence electrons. The fraction of sp³-hybridized carbons (Fsp3) is 0.500. The summed E-state index contributed by atoms with van der Waals surface area (Å²) in [5.74, 6) is 1.47. The van der Waals surface area contributed by atoms with Crippen molar-refractivity contribution in [3.05, 3.63) is 47.7 Å². The van der Waals surface area contributed by atoms with E-state index in [-0.39, 0.29) is 30.3 Å². The average Bonchev–Trinajstić information content (AvgIpc) is 3.32. The van der Waals surface area contributed by atoms with Crippen molar-refractivity contribution in [2.75, 3.05) is 5.32 Å². The second kappa shape index (κ2) is 7.66. The highest BCUT2D eigenvalue weighted by Gasteiger charge is 2.57. The summed E-state index contributed by atoms with van der Waals surface area (Å²) in [6.45, 7) is 0.204. The molecule has 2 amide bonds. The van der Waals surface area contributed by atoms with Gasteiger partial charge in [0.15, 0.2) is 5.82 Å². The maximum Gasteiger partial charge on any atom is 0.413 e. The fourth-order valence-electron chi connectivity index (χ4n) is 4.83.